The molecule has 5 N–H and O–H groups in total. The molecule has 0 atom stereocenters. The summed E-state index contributed by atoms with van der Waals surface area (Å²) in [7, 11) is 0. The standard InChI is InChI=1S/C18H18FN3O2/c1-10-3-4-12(8-11(2)17(24)22-18(20)21)14(7-10)13-5-6-16(23)15(19)9-13/h3-9,23H,1-2H3,(H4,20,21,22,24). The number of halogens is 1. The van der Waals surface area contributed by atoms with Crippen LogP contribution in [0.3, 0.4) is 0 Å². The fourth-order valence-electron chi connectivity index (χ4n) is 2.22. The predicted molar refractivity (Wildman–Crippen MR) is 92.7 cm³/mol. The molecule has 0 bridgehead atoms. The number of amides is 1. The first-order valence-corrected chi connectivity index (χ1v) is 7.19. The summed E-state index contributed by atoms with van der Waals surface area (Å²) in [5.74, 6) is -1.98. The highest BCUT2D eigenvalue weighted by Gasteiger charge is 2.10. The van der Waals surface area contributed by atoms with Crippen molar-refractivity contribution in [2.24, 2.45) is 16.5 Å². The maximum Gasteiger partial charge on any atom is 0.275 e. The molecule has 0 fully saturated rings. The van der Waals surface area contributed by atoms with Crippen LogP contribution < -0.4 is 11.5 Å². The number of benzene rings is 2. The van der Waals surface area contributed by atoms with E-state index in [1.54, 1.807) is 19.1 Å². The van der Waals surface area contributed by atoms with Crippen LogP contribution in [0.5, 0.6) is 5.75 Å². The molecule has 0 heterocycles. The van der Waals surface area contributed by atoms with E-state index in [2.05, 4.69) is 4.99 Å². The lowest BCUT2D eigenvalue weighted by Crippen LogP contribution is -2.24. The van der Waals surface area contributed by atoms with Gasteiger partial charge in [0, 0.05) is 5.57 Å². The zero-order valence-electron chi connectivity index (χ0n) is 13.4. The van der Waals surface area contributed by atoms with Crippen LogP contribution in [-0.2, 0) is 4.79 Å². The van der Waals surface area contributed by atoms with Crippen molar-refractivity contribution in [2.45, 2.75) is 13.8 Å². The van der Waals surface area contributed by atoms with Gasteiger partial charge in [-0.15, -0.1) is 0 Å². The summed E-state index contributed by atoms with van der Waals surface area (Å²) < 4.78 is 13.7. The highest BCUT2D eigenvalue weighted by atomic mass is 19.1. The molecule has 2 aromatic rings. The third-order valence-electron chi connectivity index (χ3n) is 3.41. The average molecular weight is 327 g/mol. The molecular formula is C18H18FN3O2. The molecule has 6 heteroatoms. The quantitative estimate of drug-likeness (QED) is 0.458. The average Bonchev–Trinajstić information content (AvgIpc) is 2.51. The van der Waals surface area contributed by atoms with E-state index >= 15 is 0 Å². The molecular weight excluding hydrogens is 309 g/mol. The lowest BCUT2D eigenvalue weighted by molar-refractivity contribution is -0.114. The van der Waals surface area contributed by atoms with Crippen LogP contribution >= 0.6 is 0 Å². The van der Waals surface area contributed by atoms with Gasteiger partial charge in [0.25, 0.3) is 5.91 Å². The molecule has 5 nitrogen and oxygen atoms in total. The van der Waals surface area contributed by atoms with Crippen molar-refractivity contribution in [3.05, 3.63) is 58.9 Å². The summed E-state index contributed by atoms with van der Waals surface area (Å²) in [6, 6.07) is 9.71. The molecule has 0 saturated heterocycles. The number of nitrogens with zero attached hydrogens (tertiary/aromatic N) is 1. The Morgan fingerprint density at radius 2 is 1.92 bits per heavy atom. The number of nitrogens with two attached hydrogens (primary N) is 2. The van der Waals surface area contributed by atoms with Crippen LogP contribution in [0.4, 0.5) is 4.39 Å². The zero-order valence-corrected chi connectivity index (χ0v) is 13.4. The summed E-state index contributed by atoms with van der Waals surface area (Å²) in [6.07, 6.45) is 1.63. The summed E-state index contributed by atoms with van der Waals surface area (Å²) in [5.41, 5.74) is 13.8. The van der Waals surface area contributed by atoms with E-state index in [1.807, 2.05) is 25.1 Å². The molecule has 24 heavy (non-hydrogen) atoms. The van der Waals surface area contributed by atoms with Crippen LogP contribution in [0.25, 0.3) is 17.2 Å². The Bertz CT molecular complexity index is 853. The van der Waals surface area contributed by atoms with E-state index in [1.165, 1.54) is 12.1 Å². The molecule has 0 unspecified atom stereocenters. The maximum atomic E-state index is 13.7. The minimum Gasteiger partial charge on any atom is -0.505 e. The van der Waals surface area contributed by atoms with E-state index in [4.69, 9.17) is 11.5 Å². The van der Waals surface area contributed by atoms with Gasteiger partial charge in [-0.25, -0.2) is 4.39 Å². The molecule has 0 aliphatic rings. The van der Waals surface area contributed by atoms with Gasteiger partial charge in [0.05, 0.1) is 0 Å². The lowest BCUT2D eigenvalue weighted by atomic mass is 9.96. The molecule has 0 aliphatic heterocycles. The van der Waals surface area contributed by atoms with Gasteiger partial charge >= 0.3 is 0 Å². The van der Waals surface area contributed by atoms with Crippen LogP contribution in [-0.4, -0.2) is 17.0 Å². The smallest absolute Gasteiger partial charge is 0.275 e. The fourth-order valence-corrected chi connectivity index (χ4v) is 2.22. The Hall–Kier alpha value is -3.15. The zero-order chi connectivity index (χ0) is 17.9. The molecule has 0 aliphatic carbocycles. The van der Waals surface area contributed by atoms with Crippen LogP contribution in [0.1, 0.15) is 18.1 Å². The van der Waals surface area contributed by atoms with E-state index in [9.17, 15) is 14.3 Å². The van der Waals surface area contributed by atoms with Crippen molar-refractivity contribution >= 4 is 17.9 Å². The summed E-state index contributed by atoms with van der Waals surface area (Å²) in [6.45, 7) is 3.50. The second-order valence-electron chi connectivity index (χ2n) is 5.43. The van der Waals surface area contributed by atoms with Gasteiger partial charge < -0.3 is 16.6 Å². The first-order chi connectivity index (χ1) is 11.3. The first-order valence-electron chi connectivity index (χ1n) is 7.19. The second-order valence-corrected chi connectivity index (χ2v) is 5.43. The molecule has 0 radical (unpaired) electrons. The van der Waals surface area contributed by atoms with Gasteiger partial charge in [0.15, 0.2) is 17.5 Å². The van der Waals surface area contributed by atoms with Crippen molar-refractivity contribution in [3.63, 3.8) is 0 Å². The molecule has 2 aromatic carbocycles. The van der Waals surface area contributed by atoms with Gasteiger partial charge in [-0.05, 0) is 48.7 Å². The van der Waals surface area contributed by atoms with Crippen LogP contribution in [0, 0.1) is 12.7 Å². The van der Waals surface area contributed by atoms with E-state index < -0.39 is 17.5 Å². The highest BCUT2D eigenvalue weighted by Crippen LogP contribution is 2.30. The molecule has 124 valence electrons. The van der Waals surface area contributed by atoms with Crippen molar-refractivity contribution in [1.29, 1.82) is 0 Å². The van der Waals surface area contributed by atoms with Gasteiger partial charge in [-0.2, -0.15) is 4.99 Å². The van der Waals surface area contributed by atoms with Crippen molar-refractivity contribution in [1.82, 2.24) is 0 Å². The minimum absolute atomic E-state index is 0.308. The number of hydrogen-bond acceptors (Lipinski definition) is 2. The number of guanidine groups is 1. The summed E-state index contributed by atoms with van der Waals surface area (Å²) in [5, 5.41) is 9.35. The maximum absolute atomic E-state index is 13.7. The van der Waals surface area contributed by atoms with E-state index in [0.29, 0.717) is 16.7 Å². The fraction of sp³-hybridized carbons (Fsp3) is 0.111. The Morgan fingerprint density at radius 3 is 2.54 bits per heavy atom. The SMILES string of the molecule is CC(=Cc1ccc(C)cc1-c1ccc(O)c(F)c1)C(=O)N=C(N)N. The third-order valence-corrected chi connectivity index (χ3v) is 3.41. The Balaban J connectivity index is 2.54. The van der Waals surface area contributed by atoms with Gasteiger partial charge in [0.1, 0.15) is 0 Å². The van der Waals surface area contributed by atoms with Gasteiger partial charge in [0.2, 0.25) is 0 Å². The Morgan fingerprint density at radius 1 is 1.21 bits per heavy atom. The third kappa shape index (κ3) is 3.98. The predicted octanol–water partition coefficient (Wildman–Crippen LogP) is 2.71. The Kier molecular flexibility index (Phi) is 4.99. The molecule has 1 amide bonds. The molecule has 0 saturated carbocycles. The molecule has 2 rings (SSSR count). The lowest BCUT2D eigenvalue weighted by Gasteiger charge is -2.10. The Labute approximate surface area is 139 Å². The van der Waals surface area contributed by atoms with Crippen LogP contribution in [0.15, 0.2) is 47.0 Å². The number of carbonyl (C=O) groups is 1. The number of rotatable bonds is 3. The number of hydrogen-bond donors (Lipinski definition) is 3. The normalized spacial score (nSPS) is 11.2. The number of aliphatic imine (C=N–C) groups is 1. The number of phenols is 1. The van der Waals surface area contributed by atoms with Gasteiger partial charge in [-0.1, -0.05) is 29.8 Å². The van der Waals surface area contributed by atoms with E-state index in [0.717, 1.165) is 11.1 Å². The number of phenolic OH excluding ortho intramolecular Hbond substituents is 1. The molecule has 0 spiro atoms. The number of aryl methyl sites for hydroxylation is 1. The van der Waals surface area contributed by atoms with E-state index in [-0.39, 0.29) is 5.96 Å². The first kappa shape index (κ1) is 17.2. The number of carbonyl (C=O) groups excluding carboxylic acids is 1. The minimum atomic E-state index is -0.711. The van der Waals surface area contributed by atoms with Crippen LogP contribution in [0.2, 0.25) is 0 Å². The highest BCUT2D eigenvalue weighted by molar-refractivity contribution is 6.04. The van der Waals surface area contributed by atoms with Gasteiger partial charge in [-0.3, -0.25) is 4.79 Å². The van der Waals surface area contributed by atoms with Crippen molar-refractivity contribution in [3.8, 4) is 16.9 Å². The topological polar surface area (TPSA) is 102 Å². The molecule has 0 aromatic heterocycles. The summed E-state index contributed by atoms with van der Waals surface area (Å²) in [4.78, 5) is 15.4. The van der Waals surface area contributed by atoms with Crippen molar-refractivity contribution < 1.29 is 14.3 Å². The largest absolute Gasteiger partial charge is 0.505 e. The number of aromatic hydroxyl groups is 1. The monoisotopic (exact) mass is 327 g/mol. The van der Waals surface area contributed by atoms with Crippen molar-refractivity contribution in [2.75, 3.05) is 0 Å². The summed E-state index contributed by atoms with van der Waals surface area (Å²) >= 11 is 0. The second kappa shape index (κ2) is 6.95.